The van der Waals surface area contributed by atoms with Crippen molar-refractivity contribution in [2.24, 2.45) is 11.3 Å². The Labute approximate surface area is 124 Å². The topological polar surface area (TPSA) is 53.2 Å². The predicted octanol–water partition coefficient (Wildman–Crippen LogP) is 1.91. The third-order valence-electron chi connectivity index (χ3n) is 5.28. The summed E-state index contributed by atoms with van der Waals surface area (Å²) in [7, 11) is 6.15. The van der Waals surface area contributed by atoms with Crippen LogP contribution in [-0.2, 0) is 4.79 Å². The lowest BCUT2D eigenvalue weighted by Crippen LogP contribution is -2.66. The molecule has 118 valence electrons. The first kappa shape index (κ1) is 17.6. The number of likely N-dealkylation sites (N-methyl/N-ethyl adjacent to an activating group) is 3. The molecule has 1 rings (SSSR count). The Morgan fingerprint density at radius 3 is 2.30 bits per heavy atom. The maximum absolute atomic E-state index is 10.6. The molecular weight excluding hydrogens is 250 g/mol. The monoisotopic (exact) mass is 283 g/mol. The summed E-state index contributed by atoms with van der Waals surface area (Å²) in [5.41, 5.74) is 0.251. The molecule has 2 atom stereocenters. The zero-order valence-corrected chi connectivity index (χ0v) is 13.9. The molecule has 1 aliphatic rings. The first-order valence-corrected chi connectivity index (χ1v) is 7.94. The fraction of sp³-hybridized carbons (Fsp3) is 0.938. The summed E-state index contributed by atoms with van der Waals surface area (Å²) < 4.78 is 0. The van der Waals surface area contributed by atoms with E-state index >= 15 is 0 Å². The summed E-state index contributed by atoms with van der Waals surface area (Å²) in [6.45, 7) is 4.56. The van der Waals surface area contributed by atoms with Crippen LogP contribution in [0, 0.1) is 11.3 Å². The number of rotatable bonds is 9. The number of carbonyl (C=O) groups is 1. The van der Waals surface area contributed by atoms with Crippen LogP contribution >= 0.6 is 0 Å². The quantitative estimate of drug-likeness (QED) is 0.447. The van der Waals surface area contributed by atoms with Gasteiger partial charge in [0.25, 0.3) is 0 Å². The van der Waals surface area contributed by atoms with E-state index in [4.69, 9.17) is 0 Å². The summed E-state index contributed by atoms with van der Waals surface area (Å²) in [5.74, 6) is 0.630. The zero-order chi connectivity index (χ0) is 15.2. The van der Waals surface area contributed by atoms with Crippen molar-refractivity contribution in [3.8, 4) is 0 Å². The molecule has 0 heterocycles. The van der Waals surface area contributed by atoms with E-state index in [9.17, 15) is 4.79 Å². The maximum atomic E-state index is 10.6. The second-order valence-corrected chi connectivity index (χ2v) is 6.89. The molecule has 1 fully saturated rings. The number of aldehydes is 1. The molecular formula is C16H33N3O. The average Bonchev–Trinajstić information content (AvgIpc) is 2.81. The van der Waals surface area contributed by atoms with Gasteiger partial charge in [-0.05, 0) is 64.6 Å². The van der Waals surface area contributed by atoms with Gasteiger partial charge in [0.1, 0.15) is 6.29 Å². The predicted molar refractivity (Wildman–Crippen MR) is 84.7 cm³/mol. The van der Waals surface area contributed by atoms with Gasteiger partial charge in [-0.2, -0.15) is 0 Å². The minimum absolute atomic E-state index is 0.00448. The molecule has 1 saturated carbocycles. The van der Waals surface area contributed by atoms with Crippen molar-refractivity contribution in [1.82, 2.24) is 16.0 Å². The molecule has 0 saturated heterocycles. The number of carbonyl (C=O) groups excluding carboxylic acids is 1. The van der Waals surface area contributed by atoms with Gasteiger partial charge in [-0.1, -0.05) is 13.8 Å². The normalized spacial score (nSPS) is 25.9. The van der Waals surface area contributed by atoms with Gasteiger partial charge in [0, 0.05) is 12.5 Å². The van der Waals surface area contributed by atoms with Gasteiger partial charge in [0.15, 0.2) is 0 Å². The van der Waals surface area contributed by atoms with Gasteiger partial charge < -0.3 is 20.7 Å². The fourth-order valence-electron chi connectivity index (χ4n) is 3.87. The van der Waals surface area contributed by atoms with Crippen molar-refractivity contribution in [1.29, 1.82) is 0 Å². The minimum Gasteiger partial charge on any atom is -0.314 e. The van der Waals surface area contributed by atoms with Crippen LogP contribution in [0.1, 0.15) is 52.4 Å². The highest BCUT2D eigenvalue weighted by atomic mass is 16.1. The van der Waals surface area contributed by atoms with Crippen molar-refractivity contribution in [2.75, 3.05) is 21.1 Å². The highest BCUT2D eigenvalue weighted by Gasteiger charge is 2.47. The second kappa shape index (κ2) is 7.53. The van der Waals surface area contributed by atoms with Gasteiger partial charge in [0.2, 0.25) is 0 Å². The van der Waals surface area contributed by atoms with Crippen molar-refractivity contribution >= 4 is 6.29 Å². The molecule has 2 unspecified atom stereocenters. The van der Waals surface area contributed by atoms with E-state index in [1.54, 1.807) is 0 Å². The molecule has 3 N–H and O–H groups in total. The van der Waals surface area contributed by atoms with Crippen LogP contribution in [0.25, 0.3) is 0 Å². The Hall–Kier alpha value is -0.450. The Kier molecular flexibility index (Phi) is 6.62. The number of nitrogens with one attached hydrogen (secondary N) is 3. The highest BCUT2D eigenvalue weighted by molar-refractivity contribution is 5.49. The first-order chi connectivity index (χ1) is 9.45. The lowest BCUT2D eigenvalue weighted by molar-refractivity contribution is -0.108. The first-order valence-electron chi connectivity index (χ1n) is 7.94. The van der Waals surface area contributed by atoms with E-state index in [1.165, 1.54) is 25.7 Å². The fourth-order valence-corrected chi connectivity index (χ4v) is 3.87. The molecule has 0 bridgehead atoms. The molecule has 0 aromatic rings. The van der Waals surface area contributed by atoms with E-state index in [1.807, 2.05) is 7.05 Å². The van der Waals surface area contributed by atoms with Crippen LogP contribution in [0.2, 0.25) is 0 Å². The van der Waals surface area contributed by atoms with Crippen molar-refractivity contribution < 1.29 is 4.79 Å². The van der Waals surface area contributed by atoms with Crippen LogP contribution in [0.5, 0.6) is 0 Å². The molecule has 0 aromatic carbocycles. The molecule has 0 aromatic heterocycles. The van der Waals surface area contributed by atoms with E-state index in [0.717, 1.165) is 12.7 Å². The number of hydrogen-bond donors (Lipinski definition) is 3. The lowest BCUT2D eigenvalue weighted by atomic mass is 9.78. The smallest absolute Gasteiger partial charge is 0.120 e. The van der Waals surface area contributed by atoms with E-state index in [0.29, 0.717) is 18.4 Å². The van der Waals surface area contributed by atoms with Crippen molar-refractivity contribution in [3.05, 3.63) is 0 Å². The summed E-state index contributed by atoms with van der Waals surface area (Å²) in [6, 6.07) is 0.473. The van der Waals surface area contributed by atoms with Crippen LogP contribution in [-0.4, -0.2) is 39.1 Å². The molecule has 0 amide bonds. The molecule has 1 aliphatic carbocycles. The Bertz CT molecular complexity index is 300. The molecule has 4 heteroatoms. The standard InChI is InChI=1S/C16H33N3O/c1-15(2,10-6-12-20)11-9-13-7-8-14(17-3)16(13,18-4)19-5/h12-14,17-19H,6-11H2,1-5H3. The average molecular weight is 283 g/mol. The third kappa shape index (κ3) is 3.80. The van der Waals surface area contributed by atoms with Gasteiger partial charge >= 0.3 is 0 Å². The summed E-state index contributed by atoms with van der Waals surface area (Å²) in [6.07, 6.45) is 7.54. The van der Waals surface area contributed by atoms with E-state index in [-0.39, 0.29) is 11.1 Å². The van der Waals surface area contributed by atoms with E-state index < -0.39 is 0 Å². The molecule has 0 aliphatic heterocycles. The van der Waals surface area contributed by atoms with Crippen LogP contribution in [0.4, 0.5) is 0 Å². The minimum atomic E-state index is -0.00448. The molecule has 4 nitrogen and oxygen atoms in total. The Morgan fingerprint density at radius 1 is 1.15 bits per heavy atom. The maximum Gasteiger partial charge on any atom is 0.120 e. The van der Waals surface area contributed by atoms with Gasteiger partial charge in [0.05, 0.1) is 5.66 Å². The highest BCUT2D eigenvalue weighted by Crippen LogP contribution is 2.40. The van der Waals surface area contributed by atoms with Crippen molar-refractivity contribution in [2.45, 2.75) is 64.1 Å². The second-order valence-electron chi connectivity index (χ2n) is 6.89. The summed E-state index contributed by atoms with van der Waals surface area (Å²) in [5, 5.41) is 10.5. The van der Waals surface area contributed by atoms with Crippen LogP contribution in [0.3, 0.4) is 0 Å². The lowest BCUT2D eigenvalue weighted by Gasteiger charge is -2.41. The molecule has 20 heavy (non-hydrogen) atoms. The Balaban J connectivity index is 2.64. The van der Waals surface area contributed by atoms with E-state index in [2.05, 4.69) is 43.9 Å². The van der Waals surface area contributed by atoms with Crippen molar-refractivity contribution in [3.63, 3.8) is 0 Å². The third-order valence-corrected chi connectivity index (χ3v) is 5.28. The summed E-state index contributed by atoms with van der Waals surface area (Å²) >= 11 is 0. The molecule has 0 radical (unpaired) electrons. The van der Waals surface area contributed by atoms with Crippen LogP contribution < -0.4 is 16.0 Å². The van der Waals surface area contributed by atoms with Gasteiger partial charge in [-0.15, -0.1) is 0 Å². The van der Waals surface area contributed by atoms with Crippen LogP contribution in [0.15, 0.2) is 0 Å². The summed E-state index contributed by atoms with van der Waals surface area (Å²) in [4.78, 5) is 10.6. The van der Waals surface area contributed by atoms with Gasteiger partial charge in [-0.25, -0.2) is 0 Å². The number of hydrogen-bond acceptors (Lipinski definition) is 4. The largest absolute Gasteiger partial charge is 0.314 e. The SMILES string of the molecule is CNC1CCC(CCC(C)(C)CCC=O)C1(NC)NC. The van der Waals surface area contributed by atoms with Gasteiger partial charge in [-0.3, -0.25) is 0 Å². The zero-order valence-electron chi connectivity index (χ0n) is 13.9. The molecule has 0 spiro atoms. The Morgan fingerprint density at radius 2 is 1.80 bits per heavy atom.